The van der Waals surface area contributed by atoms with E-state index in [2.05, 4.69) is 15.3 Å². The molecule has 0 radical (unpaired) electrons. The van der Waals surface area contributed by atoms with Crippen molar-refractivity contribution in [2.75, 3.05) is 17.6 Å². The van der Waals surface area contributed by atoms with Crippen LogP contribution in [0.15, 0.2) is 6.07 Å². The van der Waals surface area contributed by atoms with E-state index >= 15 is 0 Å². The van der Waals surface area contributed by atoms with Crippen LogP contribution in [-0.4, -0.2) is 28.6 Å². The summed E-state index contributed by atoms with van der Waals surface area (Å²) in [5, 5.41) is 3.29. The molecule has 1 heterocycles. The molecule has 0 aliphatic rings. The number of nitrogens with zero attached hydrogens (tertiary/aromatic N) is 2. The lowest BCUT2D eigenvalue weighted by molar-refractivity contribution is -0.147. The number of rotatable bonds is 6. The van der Waals surface area contributed by atoms with Crippen molar-refractivity contribution >= 4 is 29.3 Å². The molecular weight excluding hydrogens is 256 g/mol. The topological polar surface area (TPSA) is 90.1 Å². The van der Waals surface area contributed by atoms with Gasteiger partial charge in [0, 0.05) is 19.0 Å². The number of nitrogens with one attached hydrogen (secondary N) is 1. The maximum Gasteiger partial charge on any atom is 0.306 e. The van der Waals surface area contributed by atoms with Crippen LogP contribution < -0.4 is 11.1 Å². The fourth-order valence-electron chi connectivity index (χ4n) is 1.30. The first-order chi connectivity index (χ1) is 8.47. The third kappa shape index (κ3) is 5.67. The van der Waals surface area contributed by atoms with Crippen molar-refractivity contribution in [3.05, 3.63) is 11.2 Å². The van der Waals surface area contributed by atoms with E-state index in [0.29, 0.717) is 25.2 Å². The third-order valence-corrected chi connectivity index (χ3v) is 2.14. The van der Waals surface area contributed by atoms with Crippen molar-refractivity contribution in [1.29, 1.82) is 0 Å². The average Bonchev–Trinajstić information content (AvgIpc) is 2.22. The maximum absolute atomic E-state index is 11.3. The number of hydrogen-bond acceptors (Lipinski definition) is 6. The molecule has 1 aromatic heterocycles. The molecule has 0 fully saturated rings. The molecule has 0 unspecified atom stereocenters. The number of carbonyl (C=O) groups excluding carboxylic acids is 1. The number of anilines is 2. The highest BCUT2D eigenvalue weighted by molar-refractivity contribution is 6.29. The molecule has 0 amide bonds. The second-order valence-corrected chi connectivity index (χ2v) is 4.39. The summed E-state index contributed by atoms with van der Waals surface area (Å²) in [4.78, 5) is 19.0. The van der Waals surface area contributed by atoms with Gasteiger partial charge < -0.3 is 15.8 Å². The predicted octanol–water partition coefficient (Wildman–Crippen LogP) is 1.86. The minimum Gasteiger partial charge on any atom is -0.463 e. The van der Waals surface area contributed by atoms with Crippen molar-refractivity contribution < 1.29 is 9.53 Å². The van der Waals surface area contributed by atoms with Gasteiger partial charge in [-0.25, -0.2) is 4.98 Å². The first-order valence-electron chi connectivity index (χ1n) is 5.71. The lowest BCUT2D eigenvalue weighted by Crippen LogP contribution is -2.13. The molecule has 0 bridgehead atoms. The predicted molar refractivity (Wildman–Crippen MR) is 70.4 cm³/mol. The van der Waals surface area contributed by atoms with Gasteiger partial charge >= 0.3 is 5.97 Å². The zero-order chi connectivity index (χ0) is 13.5. The lowest BCUT2D eigenvalue weighted by atomic mass is 10.3. The van der Waals surface area contributed by atoms with Crippen LogP contribution in [-0.2, 0) is 9.53 Å². The molecule has 7 heteroatoms. The minimum absolute atomic E-state index is 0.0778. The van der Waals surface area contributed by atoms with E-state index in [0.717, 1.165) is 0 Å². The van der Waals surface area contributed by atoms with Crippen molar-refractivity contribution in [1.82, 2.24) is 9.97 Å². The molecule has 0 aliphatic carbocycles. The fourth-order valence-corrected chi connectivity index (χ4v) is 1.49. The van der Waals surface area contributed by atoms with Crippen LogP contribution in [0.3, 0.4) is 0 Å². The molecule has 6 nitrogen and oxygen atoms in total. The molecule has 0 spiro atoms. The van der Waals surface area contributed by atoms with E-state index in [1.165, 1.54) is 0 Å². The normalized spacial score (nSPS) is 10.4. The zero-order valence-corrected chi connectivity index (χ0v) is 11.2. The van der Waals surface area contributed by atoms with E-state index in [9.17, 15) is 4.79 Å². The number of esters is 1. The molecule has 0 saturated heterocycles. The van der Waals surface area contributed by atoms with Crippen LogP contribution in [0.4, 0.5) is 11.8 Å². The molecule has 0 atom stereocenters. The van der Waals surface area contributed by atoms with E-state index < -0.39 is 0 Å². The SMILES string of the molecule is CC(C)OC(=O)CCCNc1cc(Cl)nc(N)n1. The van der Waals surface area contributed by atoms with Gasteiger partial charge in [0.1, 0.15) is 11.0 Å². The van der Waals surface area contributed by atoms with Gasteiger partial charge in [0.15, 0.2) is 0 Å². The average molecular weight is 273 g/mol. The van der Waals surface area contributed by atoms with Gasteiger partial charge in [0.25, 0.3) is 0 Å². The van der Waals surface area contributed by atoms with Gasteiger partial charge in [0.2, 0.25) is 5.95 Å². The molecule has 0 aromatic carbocycles. The Labute approximate surface area is 111 Å². The quantitative estimate of drug-likeness (QED) is 0.467. The Balaban J connectivity index is 2.27. The smallest absolute Gasteiger partial charge is 0.306 e. The van der Waals surface area contributed by atoms with Gasteiger partial charge in [-0.15, -0.1) is 0 Å². The molecule has 1 rings (SSSR count). The Morgan fingerprint density at radius 3 is 2.89 bits per heavy atom. The molecule has 1 aromatic rings. The van der Waals surface area contributed by atoms with E-state index in [1.54, 1.807) is 6.07 Å². The van der Waals surface area contributed by atoms with Crippen LogP contribution in [0.5, 0.6) is 0 Å². The summed E-state index contributed by atoms with van der Waals surface area (Å²) in [5.74, 6) is 0.459. The summed E-state index contributed by atoms with van der Waals surface area (Å²) in [6.07, 6.45) is 0.929. The molecule has 3 N–H and O–H groups in total. The van der Waals surface area contributed by atoms with Gasteiger partial charge in [-0.3, -0.25) is 4.79 Å². The standard InChI is InChI=1S/C11H17ClN4O2/c1-7(2)18-10(17)4-3-5-14-9-6-8(12)15-11(13)16-9/h6-7H,3-5H2,1-2H3,(H3,13,14,15,16). The molecular formula is C11H17ClN4O2. The van der Waals surface area contributed by atoms with Crippen molar-refractivity contribution in [2.45, 2.75) is 32.8 Å². The van der Waals surface area contributed by atoms with Crippen LogP contribution in [0.1, 0.15) is 26.7 Å². The van der Waals surface area contributed by atoms with Crippen molar-refractivity contribution in [3.8, 4) is 0 Å². The third-order valence-electron chi connectivity index (χ3n) is 1.94. The summed E-state index contributed by atoms with van der Waals surface area (Å²) < 4.78 is 5.01. The Morgan fingerprint density at radius 1 is 1.56 bits per heavy atom. The molecule has 100 valence electrons. The van der Waals surface area contributed by atoms with E-state index in [4.69, 9.17) is 22.1 Å². The highest BCUT2D eigenvalue weighted by Crippen LogP contribution is 2.12. The summed E-state index contributed by atoms with van der Waals surface area (Å²) in [6, 6.07) is 1.57. The van der Waals surface area contributed by atoms with Gasteiger partial charge in [0.05, 0.1) is 6.10 Å². The Kier molecular flexibility index (Phi) is 5.64. The van der Waals surface area contributed by atoms with Gasteiger partial charge in [-0.2, -0.15) is 4.98 Å². The van der Waals surface area contributed by atoms with Crippen LogP contribution in [0.2, 0.25) is 5.15 Å². The summed E-state index contributed by atoms with van der Waals surface area (Å²) in [7, 11) is 0. The Hall–Kier alpha value is -1.56. The van der Waals surface area contributed by atoms with Gasteiger partial charge in [-0.05, 0) is 20.3 Å². The minimum atomic E-state index is -0.202. The number of ether oxygens (including phenoxy) is 1. The van der Waals surface area contributed by atoms with E-state index in [1.807, 2.05) is 13.8 Å². The Bertz CT molecular complexity index is 392. The maximum atomic E-state index is 11.3. The zero-order valence-electron chi connectivity index (χ0n) is 10.4. The van der Waals surface area contributed by atoms with Crippen LogP contribution in [0.25, 0.3) is 0 Å². The molecule has 0 aliphatic heterocycles. The summed E-state index contributed by atoms with van der Waals surface area (Å²) >= 11 is 5.73. The number of aromatic nitrogens is 2. The molecule has 0 saturated carbocycles. The molecule has 18 heavy (non-hydrogen) atoms. The number of nitrogen functional groups attached to an aromatic ring is 1. The second kappa shape index (κ2) is 7.00. The van der Waals surface area contributed by atoms with Crippen molar-refractivity contribution in [2.24, 2.45) is 0 Å². The van der Waals surface area contributed by atoms with E-state index in [-0.39, 0.29) is 23.2 Å². The van der Waals surface area contributed by atoms with Crippen molar-refractivity contribution in [3.63, 3.8) is 0 Å². The van der Waals surface area contributed by atoms with Gasteiger partial charge in [-0.1, -0.05) is 11.6 Å². The number of nitrogens with two attached hydrogens (primary N) is 1. The van der Waals surface area contributed by atoms with Crippen LogP contribution in [0, 0.1) is 0 Å². The monoisotopic (exact) mass is 272 g/mol. The first kappa shape index (κ1) is 14.5. The number of carbonyl (C=O) groups is 1. The lowest BCUT2D eigenvalue weighted by Gasteiger charge is -2.08. The highest BCUT2D eigenvalue weighted by atomic mass is 35.5. The van der Waals surface area contributed by atoms with Crippen LogP contribution >= 0.6 is 11.6 Å². The summed E-state index contributed by atoms with van der Waals surface area (Å²) in [5.41, 5.74) is 5.45. The largest absolute Gasteiger partial charge is 0.463 e. The summed E-state index contributed by atoms with van der Waals surface area (Å²) in [6.45, 7) is 4.23. The fraction of sp³-hybridized carbons (Fsp3) is 0.545. The second-order valence-electron chi connectivity index (χ2n) is 4.00. The Morgan fingerprint density at radius 2 is 2.28 bits per heavy atom. The number of hydrogen-bond donors (Lipinski definition) is 2. The highest BCUT2D eigenvalue weighted by Gasteiger charge is 2.05. The first-order valence-corrected chi connectivity index (χ1v) is 6.08. The number of halogens is 1.